The van der Waals surface area contributed by atoms with Crippen LogP contribution >= 0.6 is 0 Å². The molecule has 0 spiro atoms. The predicted octanol–water partition coefficient (Wildman–Crippen LogP) is 1.58. The van der Waals surface area contributed by atoms with Crippen molar-refractivity contribution in [1.29, 1.82) is 0 Å². The summed E-state index contributed by atoms with van der Waals surface area (Å²) in [5.74, 6) is 1.25. The molecule has 0 bridgehead atoms. The first-order valence-electron chi connectivity index (χ1n) is 5.64. The predicted molar refractivity (Wildman–Crippen MR) is 62.7 cm³/mol. The van der Waals surface area contributed by atoms with Gasteiger partial charge in [-0.15, -0.1) is 0 Å². The third-order valence-corrected chi connectivity index (χ3v) is 3.27. The van der Waals surface area contributed by atoms with Crippen molar-refractivity contribution in [1.82, 2.24) is 14.9 Å². The van der Waals surface area contributed by atoms with E-state index in [4.69, 9.17) is 0 Å². The van der Waals surface area contributed by atoms with E-state index >= 15 is 0 Å². The number of aromatic nitrogens is 2. The van der Waals surface area contributed by atoms with Crippen LogP contribution in [0.25, 0.3) is 11.0 Å². The van der Waals surface area contributed by atoms with Crippen LogP contribution in [0.1, 0.15) is 18.3 Å². The zero-order valence-corrected chi connectivity index (χ0v) is 9.27. The number of phenols is 1. The zero-order valence-electron chi connectivity index (χ0n) is 9.27. The highest BCUT2D eigenvalue weighted by molar-refractivity contribution is 5.82. The standard InChI is InChI=1S/C12H15N3O/c1-8-14-12-10(3-2-4-11(12)16)15(8)9-5-6-13-7-9/h2-4,9,13,16H,5-7H2,1H3. The van der Waals surface area contributed by atoms with Gasteiger partial charge >= 0.3 is 0 Å². The van der Waals surface area contributed by atoms with Crippen molar-refractivity contribution >= 4 is 11.0 Å². The second-order valence-corrected chi connectivity index (χ2v) is 4.32. The molecule has 1 fully saturated rings. The van der Waals surface area contributed by atoms with Gasteiger partial charge in [0.1, 0.15) is 17.1 Å². The summed E-state index contributed by atoms with van der Waals surface area (Å²) >= 11 is 0. The topological polar surface area (TPSA) is 50.1 Å². The third kappa shape index (κ3) is 1.30. The highest BCUT2D eigenvalue weighted by atomic mass is 16.3. The number of fused-ring (bicyclic) bond motifs is 1. The third-order valence-electron chi connectivity index (χ3n) is 3.27. The average Bonchev–Trinajstić information content (AvgIpc) is 2.85. The molecule has 1 atom stereocenters. The normalized spacial score (nSPS) is 20.7. The van der Waals surface area contributed by atoms with Gasteiger partial charge in [0, 0.05) is 12.6 Å². The number of imidazole rings is 1. The van der Waals surface area contributed by atoms with E-state index in [9.17, 15) is 5.11 Å². The van der Waals surface area contributed by atoms with E-state index in [-0.39, 0.29) is 5.75 Å². The van der Waals surface area contributed by atoms with E-state index in [0.717, 1.165) is 30.9 Å². The molecule has 4 nitrogen and oxygen atoms in total. The van der Waals surface area contributed by atoms with Crippen LogP contribution in [0.5, 0.6) is 5.75 Å². The van der Waals surface area contributed by atoms with Crippen LogP contribution in [-0.4, -0.2) is 27.7 Å². The molecule has 0 amide bonds. The molecular weight excluding hydrogens is 202 g/mol. The Morgan fingerprint density at radius 3 is 3.12 bits per heavy atom. The van der Waals surface area contributed by atoms with Gasteiger partial charge in [0.05, 0.1) is 5.52 Å². The van der Waals surface area contributed by atoms with Gasteiger partial charge in [-0.25, -0.2) is 4.98 Å². The van der Waals surface area contributed by atoms with Crippen molar-refractivity contribution < 1.29 is 5.11 Å². The molecule has 0 aliphatic carbocycles. The number of rotatable bonds is 1. The van der Waals surface area contributed by atoms with E-state index in [2.05, 4.69) is 14.9 Å². The second kappa shape index (κ2) is 3.49. The number of hydrogen-bond donors (Lipinski definition) is 2. The highest BCUT2D eigenvalue weighted by Gasteiger charge is 2.21. The molecule has 84 valence electrons. The Hall–Kier alpha value is -1.55. The van der Waals surface area contributed by atoms with Gasteiger partial charge in [-0.05, 0) is 32.0 Å². The molecule has 1 aliphatic rings. The Balaban J connectivity index is 2.22. The van der Waals surface area contributed by atoms with Crippen LogP contribution in [0.15, 0.2) is 18.2 Å². The molecule has 16 heavy (non-hydrogen) atoms. The number of nitrogens with one attached hydrogen (secondary N) is 1. The first kappa shape index (κ1) is 9.66. The lowest BCUT2D eigenvalue weighted by Crippen LogP contribution is -2.14. The maximum absolute atomic E-state index is 9.76. The number of aryl methyl sites for hydroxylation is 1. The molecule has 2 aromatic rings. The van der Waals surface area contributed by atoms with Gasteiger partial charge in [-0.3, -0.25) is 0 Å². The molecule has 0 saturated carbocycles. The number of nitrogens with zero attached hydrogens (tertiary/aromatic N) is 2. The maximum Gasteiger partial charge on any atom is 0.143 e. The largest absolute Gasteiger partial charge is 0.506 e. The van der Waals surface area contributed by atoms with Gasteiger partial charge in [0.2, 0.25) is 0 Å². The van der Waals surface area contributed by atoms with Crippen LogP contribution < -0.4 is 5.32 Å². The Bertz CT molecular complexity index is 526. The SMILES string of the molecule is Cc1nc2c(O)cccc2n1C1CCNC1. The smallest absolute Gasteiger partial charge is 0.143 e. The molecule has 4 heteroatoms. The van der Waals surface area contributed by atoms with Crippen LogP contribution in [0, 0.1) is 6.92 Å². The van der Waals surface area contributed by atoms with E-state index in [1.165, 1.54) is 0 Å². The van der Waals surface area contributed by atoms with Crippen molar-refractivity contribution in [3.63, 3.8) is 0 Å². The highest BCUT2D eigenvalue weighted by Crippen LogP contribution is 2.29. The first-order valence-corrected chi connectivity index (χ1v) is 5.64. The molecule has 2 N–H and O–H groups in total. The van der Waals surface area contributed by atoms with Gasteiger partial charge < -0.3 is 15.0 Å². The second-order valence-electron chi connectivity index (χ2n) is 4.32. The van der Waals surface area contributed by atoms with E-state index in [1.54, 1.807) is 6.07 Å². The van der Waals surface area contributed by atoms with Crippen molar-refractivity contribution in [2.45, 2.75) is 19.4 Å². The number of phenolic OH excluding ortho intramolecular Hbond substituents is 1. The van der Waals surface area contributed by atoms with Gasteiger partial charge in [0.25, 0.3) is 0 Å². The summed E-state index contributed by atoms with van der Waals surface area (Å²) in [7, 11) is 0. The molecule has 1 aromatic heterocycles. The zero-order chi connectivity index (χ0) is 11.1. The minimum atomic E-state index is 0.269. The Labute approximate surface area is 93.9 Å². The molecule has 1 aliphatic heterocycles. The molecule has 1 aromatic carbocycles. The number of benzene rings is 1. The van der Waals surface area contributed by atoms with Crippen LogP contribution in [-0.2, 0) is 0 Å². The average molecular weight is 217 g/mol. The molecule has 0 radical (unpaired) electrons. The number of hydrogen-bond acceptors (Lipinski definition) is 3. The van der Waals surface area contributed by atoms with E-state index in [1.807, 2.05) is 19.1 Å². The summed E-state index contributed by atoms with van der Waals surface area (Å²) in [4.78, 5) is 4.44. The quantitative estimate of drug-likeness (QED) is 0.762. The fourth-order valence-electron chi connectivity index (χ4n) is 2.54. The summed E-state index contributed by atoms with van der Waals surface area (Å²) in [5, 5.41) is 13.1. The maximum atomic E-state index is 9.76. The Kier molecular flexibility index (Phi) is 2.11. The van der Waals surface area contributed by atoms with Crippen molar-refractivity contribution in [3.8, 4) is 5.75 Å². The van der Waals surface area contributed by atoms with Crippen LogP contribution in [0.3, 0.4) is 0 Å². The Morgan fingerprint density at radius 2 is 2.38 bits per heavy atom. The minimum Gasteiger partial charge on any atom is -0.506 e. The van der Waals surface area contributed by atoms with Gasteiger partial charge in [0.15, 0.2) is 0 Å². The molecule has 2 heterocycles. The molecule has 3 rings (SSSR count). The van der Waals surface area contributed by atoms with Crippen molar-refractivity contribution in [2.75, 3.05) is 13.1 Å². The lowest BCUT2D eigenvalue weighted by Gasteiger charge is -2.13. The summed E-state index contributed by atoms with van der Waals surface area (Å²) in [5.41, 5.74) is 1.75. The first-order chi connectivity index (χ1) is 7.77. The fourth-order valence-corrected chi connectivity index (χ4v) is 2.54. The lowest BCUT2D eigenvalue weighted by atomic mass is 10.2. The molecule has 1 saturated heterocycles. The van der Waals surface area contributed by atoms with Gasteiger partial charge in [-0.2, -0.15) is 0 Å². The van der Waals surface area contributed by atoms with E-state index in [0.29, 0.717) is 11.6 Å². The monoisotopic (exact) mass is 217 g/mol. The summed E-state index contributed by atoms with van der Waals surface area (Å²) in [6.45, 7) is 4.04. The number of aromatic hydroxyl groups is 1. The van der Waals surface area contributed by atoms with Crippen molar-refractivity contribution in [3.05, 3.63) is 24.0 Å². The summed E-state index contributed by atoms with van der Waals surface area (Å²) in [6.07, 6.45) is 1.13. The number of para-hydroxylation sites is 1. The lowest BCUT2D eigenvalue weighted by molar-refractivity contribution is 0.480. The molecule has 1 unspecified atom stereocenters. The minimum absolute atomic E-state index is 0.269. The van der Waals surface area contributed by atoms with Crippen LogP contribution in [0.4, 0.5) is 0 Å². The fraction of sp³-hybridized carbons (Fsp3) is 0.417. The van der Waals surface area contributed by atoms with Crippen molar-refractivity contribution in [2.24, 2.45) is 0 Å². The summed E-state index contributed by atoms with van der Waals surface area (Å²) < 4.78 is 2.23. The van der Waals surface area contributed by atoms with Gasteiger partial charge in [-0.1, -0.05) is 6.07 Å². The molecular formula is C12H15N3O. The Morgan fingerprint density at radius 1 is 1.50 bits per heavy atom. The van der Waals surface area contributed by atoms with Crippen LogP contribution in [0.2, 0.25) is 0 Å². The summed E-state index contributed by atoms with van der Waals surface area (Å²) in [6, 6.07) is 6.05. The van der Waals surface area contributed by atoms with E-state index < -0.39 is 0 Å².